The van der Waals surface area contributed by atoms with Gasteiger partial charge < -0.3 is 24.1 Å². The van der Waals surface area contributed by atoms with Crippen LogP contribution in [-0.4, -0.2) is 43.0 Å². The smallest absolute Gasteiger partial charge is 0.303 e. The first-order valence-corrected chi connectivity index (χ1v) is 12.3. The van der Waals surface area contributed by atoms with Gasteiger partial charge in [-0.25, -0.2) is 4.98 Å². The van der Waals surface area contributed by atoms with Crippen molar-refractivity contribution in [3.05, 3.63) is 52.9 Å². The fraction of sp³-hybridized carbons (Fsp3) is 0.385. The van der Waals surface area contributed by atoms with E-state index in [2.05, 4.69) is 4.98 Å². The Labute approximate surface area is 203 Å². The second-order valence-electron chi connectivity index (χ2n) is 8.03. The zero-order valence-electron chi connectivity index (χ0n) is 19.4. The molecule has 2 aromatic carbocycles. The van der Waals surface area contributed by atoms with Crippen LogP contribution in [-0.2, 0) is 11.2 Å². The largest absolute Gasteiger partial charge is 0.493 e. The number of aliphatic carboxylic acids is 1. The highest BCUT2D eigenvalue weighted by Crippen LogP contribution is 2.37. The number of ether oxygens (including phenoxy) is 4. The summed E-state index contributed by atoms with van der Waals surface area (Å²) in [4.78, 5) is 15.5. The van der Waals surface area contributed by atoms with Gasteiger partial charge in [-0.3, -0.25) is 4.79 Å². The third-order valence-electron chi connectivity index (χ3n) is 5.74. The Morgan fingerprint density at radius 3 is 2.76 bits per heavy atom. The summed E-state index contributed by atoms with van der Waals surface area (Å²) < 4.78 is 22.8. The fourth-order valence-electron chi connectivity index (χ4n) is 4.15. The highest BCUT2D eigenvalue weighted by Gasteiger charge is 2.24. The summed E-state index contributed by atoms with van der Waals surface area (Å²) in [5, 5.41) is 11.8. The molecule has 0 spiro atoms. The Hall–Kier alpha value is -3.26. The van der Waals surface area contributed by atoms with E-state index < -0.39 is 5.97 Å². The van der Waals surface area contributed by atoms with Crippen LogP contribution in [0.15, 0.2) is 41.8 Å². The monoisotopic (exact) mass is 483 g/mol. The van der Waals surface area contributed by atoms with E-state index in [1.54, 1.807) is 7.11 Å². The number of fused-ring (bicyclic) bond motifs is 1. The summed E-state index contributed by atoms with van der Waals surface area (Å²) >= 11 is 1.52. The van der Waals surface area contributed by atoms with Crippen molar-refractivity contribution < 1.29 is 28.8 Å². The van der Waals surface area contributed by atoms with Gasteiger partial charge in [-0.15, -0.1) is 11.3 Å². The molecule has 0 fully saturated rings. The number of hydrogen-bond donors (Lipinski definition) is 1. The number of aryl methyl sites for hydroxylation is 1. The van der Waals surface area contributed by atoms with Gasteiger partial charge >= 0.3 is 5.97 Å². The van der Waals surface area contributed by atoms with Gasteiger partial charge in [0.2, 0.25) is 5.88 Å². The van der Waals surface area contributed by atoms with Gasteiger partial charge in [0.1, 0.15) is 10.8 Å². The summed E-state index contributed by atoms with van der Waals surface area (Å²) in [7, 11) is 1.62. The van der Waals surface area contributed by atoms with E-state index in [-0.39, 0.29) is 12.3 Å². The van der Waals surface area contributed by atoms with E-state index in [1.807, 2.05) is 48.7 Å². The summed E-state index contributed by atoms with van der Waals surface area (Å²) in [6, 6.07) is 11.7. The Balaban J connectivity index is 1.26. The molecule has 0 saturated carbocycles. The fourth-order valence-corrected chi connectivity index (χ4v) is 4.89. The summed E-state index contributed by atoms with van der Waals surface area (Å²) in [5.74, 6) is 2.13. The molecule has 7 nitrogen and oxygen atoms in total. The van der Waals surface area contributed by atoms with Crippen molar-refractivity contribution in [2.45, 2.75) is 38.5 Å². The van der Waals surface area contributed by atoms with E-state index in [9.17, 15) is 4.79 Å². The molecule has 4 rings (SSSR count). The standard InChI is InChI=1S/C26H29NO6S/c1-3-31-24-16-34-26(27-24)19-7-10-22(23(14-19)30-2)33-12-4-11-32-20-8-9-21-17(13-20)5-6-18(21)15-25(28)29/h7-10,13-14,16,18H,3-6,11-12,15H2,1-2H3,(H,28,29)/t18-/m0/s1. The number of carbonyl (C=O) groups is 1. The Morgan fingerprint density at radius 1 is 1.12 bits per heavy atom. The molecule has 0 saturated heterocycles. The molecule has 1 atom stereocenters. The number of carboxylic acid groups (broad SMARTS) is 1. The van der Waals surface area contributed by atoms with Gasteiger partial charge in [0, 0.05) is 12.0 Å². The quantitative estimate of drug-likeness (QED) is 0.337. The predicted molar refractivity (Wildman–Crippen MR) is 131 cm³/mol. The number of aromatic nitrogens is 1. The predicted octanol–water partition coefficient (Wildman–Crippen LogP) is 5.57. The molecule has 0 bridgehead atoms. The van der Waals surface area contributed by atoms with Crippen LogP contribution in [0.3, 0.4) is 0 Å². The zero-order chi connectivity index (χ0) is 23.9. The Bertz CT molecular complexity index is 1130. The first kappa shape index (κ1) is 23.9. The third kappa shape index (κ3) is 5.80. The molecule has 1 heterocycles. The second kappa shape index (κ2) is 11.2. The highest BCUT2D eigenvalue weighted by molar-refractivity contribution is 7.13. The molecular weight excluding hydrogens is 454 g/mol. The second-order valence-corrected chi connectivity index (χ2v) is 8.89. The minimum atomic E-state index is -0.747. The van der Waals surface area contributed by atoms with Crippen molar-refractivity contribution in [1.82, 2.24) is 4.98 Å². The molecular formula is C26H29NO6S. The Kier molecular flexibility index (Phi) is 7.90. The molecule has 1 aliphatic carbocycles. The van der Waals surface area contributed by atoms with Gasteiger partial charge in [0.05, 0.1) is 38.7 Å². The Morgan fingerprint density at radius 2 is 1.97 bits per heavy atom. The highest BCUT2D eigenvalue weighted by atomic mass is 32.1. The van der Waals surface area contributed by atoms with Gasteiger partial charge in [0.25, 0.3) is 0 Å². The number of carboxylic acids is 1. The van der Waals surface area contributed by atoms with Crippen molar-refractivity contribution >= 4 is 17.3 Å². The van der Waals surface area contributed by atoms with Crippen LogP contribution in [0.5, 0.6) is 23.1 Å². The lowest BCUT2D eigenvalue weighted by Gasteiger charge is -2.13. The van der Waals surface area contributed by atoms with Gasteiger partial charge in [-0.05, 0) is 67.1 Å². The minimum Gasteiger partial charge on any atom is -0.493 e. The molecule has 0 radical (unpaired) electrons. The number of thiazole rings is 1. The molecule has 0 unspecified atom stereocenters. The normalized spacial score (nSPS) is 14.5. The van der Waals surface area contributed by atoms with Crippen molar-refractivity contribution in [3.63, 3.8) is 0 Å². The zero-order valence-corrected chi connectivity index (χ0v) is 20.2. The first-order chi connectivity index (χ1) is 16.6. The number of rotatable bonds is 12. The van der Waals surface area contributed by atoms with Crippen molar-refractivity contribution in [3.8, 4) is 33.7 Å². The third-order valence-corrected chi connectivity index (χ3v) is 6.61. The summed E-state index contributed by atoms with van der Waals surface area (Å²) in [5.41, 5.74) is 3.28. The summed E-state index contributed by atoms with van der Waals surface area (Å²) in [6.07, 6.45) is 2.69. The van der Waals surface area contributed by atoms with Gasteiger partial charge in [-0.2, -0.15) is 0 Å². The van der Waals surface area contributed by atoms with Crippen LogP contribution in [0.25, 0.3) is 10.6 Å². The van der Waals surface area contributed by atoms with Gasteiger partial charge in [-0.1, -0.05) is 6.07 Å². The van der Waals surface area contributed by atoms with Crippen molar-refractivity contribution in [2.75, 3.05) is 26.9 Å². The number of nitrogens with zero attached hydrogens (tertiary/aromatic N) is 1. The molecule has 0 amide bonds. The van der Waals surface area contributed by atoms with Crippen LogP contribution in [0.1, 0.15) is 43.2 Å². The molecule has 34 heavy (non-hydrogen) atoms. The lowest BCUT2D eigenvalue weighted by atomic mass is 9.98. The van der Waals surface area contributed by atoms with Crippen LogP contribution < -0.4 is 18.9 Å². The average molecular weight is 484 g/mol. The maximum atomic E-state index is 11.0. The lowest BCUT2D eigenvalue weighted by molar-refractivity contribution is -0.137. The lowest BCUT2D eigenvalue weighted by Crippen LogP contribution is -2.06. The van der Waals surface area contributed by atoms with Crippen molar-refractivity contribution in [2.24, 2.45) is 0 Å². The summed E-state index contributed by atoms with van der Waals surface area (Å²) in [6.45, 7) is 3.54. The molecule has 0 aliphatic heterocycles. The molecule has 1 aromatic heterocycles. The maximum absolute atomic E-state index is 11.0. The number of methoxy groups -OCH3 is 1. The first-order valence-electron chi connectivity index (χ1n) is 11.4. The van der Waals surface area contributed by atoms with E-state index in [0.29, 0.717) is 43.6 Å². The van der Waals surface area contributed by atoms with Crippen molar-refractivity contribution in [1.29, 1.82) is 0 Å². The van der Waals surface area contributed by atoms with Gasteiger partial charge in [0.15, 0.2) is 11.5 Å². The molecule has 1 N–H and O–H groups in total. The molecule has 8 heteroatoms. The van der Waals surface area contributed by atoms with E-state index in [1.165, 1.54) is 16.9 Å². The van der Waals surface area contributed by atoms with Crippen LogP contribution >= 0.6 is 11.3 Å². The van der Waals surface area contributed by atoms with Crippen LogP contribution in [0, 0.1) is 0 Å². The minimum absolute atomic E-state index is 0.110. The van der Waals surface area contributed by atoms with Crippen LogP contribution in [0.2, 0.25) is 0 Å². The average Bonchev–Trinajstić information content (AvgIpc) is 3.46. The SMILES string of the molecule is CCOc1csc(-c2ccc(OCCCOc3ccc4c(c3)CC[C@H]4CC(=O)O)c(OC)c2)n1. The molecule has 1 aliphatic rings. The van der Waals surface area contributed by atoms with E-state index in [4.69, 9.17) is 24.1 Å². The number of hydrogen-bond acceptors (Lipinski definition) is 7. The molecule has 180 valence electrons. The number of benzene rings is 2. The van der Waals surface area contributed by atoms with E-state index >= 15 is 0 Å². The van der Waals surface area contributed by atoms with E-state index in [0.717, 1.165) is 34.7 Å². The topological polar surface area (TPSA) is 87.1 Å². The van der Waals surface area contributed by atoms with Crippen LogP contribution in [0.4, 0.5) is 0 Å². The molecule has 3 aromatic rings. The maximum Gasteiger partial charge on any atom is 0.303 e.